The second-order valence-electron chi connectivity index (χ2n) is 3.68. The Bertz CT molecular complexity index is 101. The zero-order valence-electron chi connectivity index (χ0n) is 7.30. The molecular formula is C8H18N2. The molecule has 10 heavy (non-hydrogen) atoms. The fraction of sp³-hybridized carbons (Fsp3) is 1.00. The Balaban J connectivity index is 2.18. The van der Waals surface area contributed by atoms with Gasteiger partial charge in [-0.25, -0.2) is 0 Å². The summed E-state index contributed by atoms with van der Waals surface area (Å²) in [5.74, 6) is 0.917. The summed E-state index contributed by atoms with van der Waals surface area (Å²) in [6.07, 6.45) is 1.38. The molecule has 0 aromatic rings. The van der Waals surface area contributed by atoms with Crippen LogP contribution in [0.5, 0.6) is 0 Å². The average molecular weight is 142 g/mol. The summed E-state index contributed by atoms with van der Waals surface area (Å²) < 4.78 is 0. The summed E-state index contributed by atoms with van der Waals surface area (Å²) in [5, 5.41) is 0. The molecule has 1 fully saturated rings. The Hall–Kier alpha value is -0.0800. The lowest BCUT2D eigenvalue weighted by Crippen LogP contribution is -2.23. The molecule has 1 rings (SSSR count). The van der Waals surface area contributed by atoms with Gasteiger partial charge in [-0.1, -0.05) is 0 Å². The molecule has 0 spiro atoms. The van der Waals surface area contributed by atoms with Crippen LogP contribution in [0.3, 0.4) is 0 Å². The minimum atomic E-state index is 0.917. The van der Waals surface area contributed by atoms with Crippen molar-refractivity contribution in [1.29, 1.82) is 0 Å². The Morgan fingerprint density at radius 1 is 1.50 bits per heavy atom. The van der Waals surface area contributed by atoms with Crippen molar-refractivity contribution in [2.24, 2.45) is 5.92 Å². The highest BCUT2D eigenvalue weighted by Gasteiger charge is 2.19. The maximum absolute atomic E-state index is 2.41. The maximum Gasteiger partial charge on any atom is 0.00193 e. The predicted molar refractivity (Wildman–Crippen MR) is 44.2 cm³/mol. The van der Waals surface area contributed by atoms with E-state index in [-0.39, 0.29) is 0 Å². The van der Waals surface area contributed by atoms with Gasteiger partial charge in [0.2, 0.25) is 0 Å². The van der Waals surface area contributed by atoms with Gasteiger partial charge in [0.05, 0.1) is 0 Å². The third-order valence-corrected chi connectivity index (χ3v) is 2.11. The predicted octanol–water partition coefficient (Wildman–Crippen LogP) is 0.500. The van der Waals surface area contributed by atoms with E-state index in [4.69, 9.17) is 0 Å². The molecule has 60 valence electrons. The molecule has 0 bridgehead atoms. The number of likely N-dealkylation sites (tertiary alicyclic amines) is 1. The maximum atomic E-state index is 2.41. The van der Waals surface area contributed by atoms with Gasteiger partial charge >= 0.3 is 0 Å². The molecule has 0 aromatic carbocycles. The van der Waals surface area contributed by atoms with Crippen LogP contribution in [0, 0.1) is 5.92 Å². The van der Waals surface area contributed by atoms with E-state index in [1.165, 1.54) is 26.1 Å². The lowest BCUT2D eigenvalue weighted by Gasteiger charge is -2.15. The van der Waals surface area contributed by atoms with Crippen molar-refractivity contribution in [1.82, 2.24) is 9.80 Å². The Labute approximate surface area is 63.8 Å². The molecule has 1 heterocycles. The molecule has 1 saturated heterocycles. The minimum Gasteiger partial charge on any atom is -0.309 e. The smallest absolute Gasteiger partial charge is 0.00193 e. The van der Waals surface area contributed by atoms with Crippen LogP contribution in [-0.4, -0.2) is 50.6 Å². The number of hydrogen-bond acceptors (Lipinski definition) is 2. The molecule has 0 amide bonds. The molecule has 1 aliphatic heterocycles. The molecule has 1 unspecified atom stereocenters. The van der Waals surface area contributed by atoms with E-state index in [1.807, 2.05) is 0 Å². The normalized spacial score (nSPS) is 28.2. The van der Waals surface area contributed by atoms with Gasteiger partial charge < -0.3 is 9.80 Å². The molecule has 2 heteroatoms. The van der Waals surface area contributed by atoms with Gasteiger partial charge in [0.25, 0.3) is 0 Å². The van der Waals surface area contributed by atoms with Crippen molar-refractivity contribution < 1.29 is 0 Å². The van der Waals surface area contributed by atoms with Crippen LogP contribution < -0.4 is 0 Å². The topological polar surface area (TPSA) is 6.48 Å². The average Bonchev–Trinajstić information content (AvgIpc) is 2.13. The van der Waals surface area contributed by atoms with Gasteiger partial charge in [0.1, 0.15) is 0 Å². The van der Waals surface area contributed by atoms with Crippen LogP contribution in [0.1, 0.15) is 6.42 Å². The molecule has 2 nitrogen and oxygen atoms in total. The van der Waals surface area contributed by atoms with E-state index in [9.17, 15) is 0 Å². The highest BCUT2D eigenvalue weighted by atomic mass is 15.1. The van der Waals surface area contributed by atoms with Gasteiger partial charge in [-0.15, -0.1) is 0 Å². The standard InChI is InChI=1S/C8H18N2/c1-9(2)6-8-4-5-10(3)7-8/h8H,4-7H2,1-3H3. The molecule has 0 radical (unpaired) electrons. The minimum absolute atomic E-state index is 0.917. The van der Waals surface area contributed by atoms with Gasteiger partial charge in [-0.3, -0.25) is 0 Å². The van der Waals surface area contributed by atoms with Crippen LogP contribution >= 0.6 is 0 Å². The fourth-order valence-corrected chi connectivity index (χ4v) is 1.69. The van der Waals surface area contributed by atoms with Crippen molar-refractivity contribution in [3.63, 3.8) is 0 Å². The quantitative estimate of drug-likeness (QED) is 0.554. The zero-order valence-corrected chi connectivity index (χ0v) is 7.30. The Morgan fingerprint density at radius 2 is 2.20 bits per heavy atom. The third kappa shape index (κ3) is 2.27. The van der Waals surface area contributed by atoms with Crippen LogP contribution in [0.4, 0.5) is 0 Å². The summed E-state index contributed by atoms with van der Waals surface area (Å²) in [6.45, 7) is 3.83. The summed E-state index contributed by atoms with van der Waals surface area (Å²) in [7, 11) is 6.51. The van der Waals surface area contributed by atoms with Crippen molar-refractivity contribution in [3.8, 4) is 0 Å². The second kappa shape index (κ2) is 3.35. The molecule has 0 saturated carbocycles. The summed E-state index contributed by atoms with van der Waals surface area (Å²) in [6, 6.07) is 0. The van der Waals surface area contributed by atoms with E-state index >= 15 is 0 Å². The SMILES string of the molecule is CN(C)CC1CCN(C)C1. The Morgan fingerprint density at radius 3 is 2.60 bits per heavy atom. The first-order valence-electron chi connectivity index (χ1n) is 4.02. The first-order chi connectivity index (χ1) is 4.68. The van der Waals surface area contributed by atoms with Crippen molar-refractivity contribution in [3.05, 3.63) is 0 Å². The lowest BCUT2D eigenvalue weighted by molar-refractivity contribution is 0.316. The van der Waals surface area contributed by atoms with Crippen molar-refractivity contribution in [2.45, 2.75) is 6.42 Å². The number of rotatable bonds is 2. The van der Waals surface area contributed by atoms with Crippen LogP contribution in [0.2, 0.25) is 0 Å². The molecule has 1 aliphatic rings. The first-order valence-corrected chi connectivity index (χ1v) is 4.02. The van der Waals surface area contributed by atoms with E-state index in [2.05, 4.69) is 30.9 Å². The van der Waals surface area contributed by atoms with Gasteiger partial charge in [-0.2, -0.15) is 0 Å². The largest absolute Gasteiger partial charge is 0.309 e. The second-order valence-corrected chi connectivity index (χ2v) is 3.68. The van der Waals surface area contributed by atoms with Crippen LogP contribution in [0.15, 0.2) is 0 Å². The highest BCUT2D eigenvalue weighted by molar-refractivity contribution is 4.74. The summed E-state index contributed by atoms with van der Waals surface area (Å²) in [5.41, 5.74) is 0. The Kier molecular flexibility index (Phi) is 2.69. The number of hydrogen-bond donors (Lipinski definition) is 0. The summed E-state index contributed by atoms with van der Waals surface area (Å²) in [4.78, 5) is 4.69. The van der Waals surface area contributed by atoms with E-state index in [1.54, 1.807) is 0 Å². The molecule has 0 aromatic heterocycles. The summed E-state index contributed by atoms with van der Waals surface area (Å²) >= 11 is 0. The molecule has 0 aliphatic carbocycles. The number of nitrogens with zero attached hydrogens (tertiary/aromatic N) is 2. The molecular weight excluding hydrogens is 124 g/mol. The van der Waals surface area contributed by atoms with Crippen LogP contribution in [-0.2, 0) is 0 Å². The van der Waals surface area contributed by atoms with Crippen molar-refractivity contribution in [2.75, 3.05) is 40.8 Å². The van der Waals surface area contributed by atoms with Crippen LogP contribution in [0.25, 0.3) is 0 Å². The molecule has 0 N–H and O–H groups in total. The van der Waals surface area contributed by atoms with Gasteiger partial charge in [0, 0.05) is 13.1 Å². The fourth-order valence-electron chi connectivity index (χ4n) is 1.69. The zero-order chi connectivity index (χ0) is 7.56. The molecule has 1 atom stereocenters. The van der Waals surface area contributed by atoms with Crippen molar-refractivity contribution >= 4 is 0 Å². The highest BCUT2D eigenvalue weighted by Crippen LogP contribution is 2.14. The van der Waals surface area contributed by atoms with Gasteiger partial charge in [0.15, 0.2) is 0 Å². The van der Waals surface area contributed by atoms with E-state index in [0.29, 0.717) is 0 Å². The van der Waals surface area contributed by atoms with E-state index in [0.717, 1.165) is 5.92 Å². The third-order valence-electron chi connectivity index (χ3n) is 2.11. The lowest BCUT2D eigenvalue weighted by atomic mass is 10.1. The van der Waals surface area contributed by atoms with E-state index < -0.39 is 0 Å². The monoisotopic (exact) mass is 142 g/mol. The van der Waals surface area contributed by atoms with Gasteiger partial charge in [-0.05, 0) is 40.0 Å². The first kappa shape index (κ1) is 8.02.